The molecule has 0 aliphatic heterocycles. The normalized spacial score (nSPS) is 10.9. The van der Waals surface area contributed by atoms with Crippen molar-refractivity contribution in [3.8, 4) is 0 Å². The van der Waals surface area contributed by atoms with Crippen molar-refractivity contribution in [3.05, 3.63) is 29.0 Å². The van der Waals surface area contributed by atoms with Crippen LogP contribution in [-0.2, 0) is 24.6 Å². The summed E-state index contributed by atoms with van der Waals surface area (Å²) >= 11 is 5.71. The Bertz CT molecular complexity index is 443. The van der Waals surface area contributed by atoms with Crippen molar-refractivity contribution in [2.45, 2.75) is 19.4 Å². The van der Waals surface area contributed by atoms with Gasteiger partial charge in [-0.15, -0.1) is 0 Å². The van der Waals surface area contributed by atoms with E-state index < -0.39 is 17.5 Å². The van der Waals surface area contributed by atoms with Crippen LogP contribution in [0.25, 0.3) is 0 Å². The summed E-state index contributed by atoms with van der Waals surface area (Å²) in [5.41, 5.74) is 3.81. The molecule has 1 heterocycles. The lowest BCUT2D eigenvalue weighted by Crippen LogP contribution is -2.54. The molecule has 0 aromatic carbocycles. The Hall–Kier alpha value is -1.66. The molecule has 0 atom stereocenters. The van der Waals surface area contributed by atoms with Crippen LogP contribution in [0, 0.1) is 0 Å². The molecule has 1 aromatic heterocycles. The van der Waals surface area contributed by atoms with Crippen LogP contribution in [0.15, 0.2) is 18.3 Å². The lowest BCUT2D eigenvalue weighted by molar-refractivity contribution is -0.164. The van der Waals surface area contributed by atoms with Gasteiger partial charge in [-0.25, -0.2) is 9.59 Å². The Labute approximate surface area is 115 Å². The quantitative estimate of drug-likeness (QED) is 0.642. The highest BCUT2D eigenvalue weighted by atomic mass is 35.5. The number of hydrogen-bond donors (Lipinski definition) is 1. The van der Waals surface area contributed by atoms with Gasteiger partial charge in [0.05, 0.1) is 23.9 Å². The number of carbonyl (C=O) groups excluding carboxylic acids is 2. The van der Waals surface area contributed by atoms with E-state index >= 15 is 0 Å². The number of nitrogens with zero attached hydrogens (tertiary/aromatic N) is 1. The van der Waals surface area contributed by atoms with Crippen LogP contribution in [0.3, 0.4) is 0 Å². The topological polar surface area (TPSA) is 91.5 Å². The average molecular weight is 287 g/mol. The second-order valence-corrected chi connectivity index (χ2v) is 4.05. The molecule has 0 aliphatic carbocycles. The molecule has 6 nitrogen and oxygen atoms in total. The SMILES string of the molecule is CCOC(=O)C(N)(C(=O)OCC)c1ccc(Cl)cn1. The number of aromatic nitrogens is 1. The third kappa shape index (κ3) is 3.21. The van der Waals surface area contributed by atoms with Gasteiger partial charge in [-0.3, -0.25) is 4.98 Å². The second kappa shape index (κ2) is 6.49. The van der Waals surface area contributed by atoms with Crippen LogP contribution in [0.5, 0.6) is 0 Å². The number of ether oxygens (including phenoxy) is 2. The highest BCUT2D eigenvalue weighted by Crippen LogP contribution is 2.21. The molecule has 0 bridgehead atoms. The summed E-state index contributed by atoms with van der Waals surface area (Å²) < 4.78 is 9.64. The summed E-state index contributed by atoms with van der Waals surface area (Å²) in [7, 11) is 0. The summed E-state index contributed by atoms with van der Waals surface area (Å²) in [6.45, 7) is 3.40. The minimum absolute atomic E-state index is 0.0220. The van der Waals surface area contributed by atoms with Crippen LogP contribution >= 0.6 is 11.6 Å². The molecular weight excluding hydrogens is 272 g/mol. The molecule has 0 spiro atoms. The van der Waals surface area contributed by atoms with Crippen molar-refractivity contribution in [2.24, 2.45) is 5.73 Å². The average Bonchev–Trinajstić information content (AvgIpc) is 2.39. The lowest BCUT2D eigenvalue weighted by atomic mass is 9.96. The van der Waals surface area contributed by atoms with E-state index in [2.05, 4.69) is 4.98 Å². The summed E-state index contributed by atoms with van der Waals surface area (Å²) in [4.78, 5) is 27.8. The molecule has 0 unspecified atom stereocenters. The van der Waals surface area contributed by atoms with Crippen molar-refractivity contribution >= 4 is 23.5 Å². The maximum atomic E-state index is 11.9. The zero-order valence-electron chi connectivity index (χ0n) is 10.7. The Kier molecular flexibility index (Phi) is 5.26. The van der Waals surface area contributed by atoms with Gasteiger partial charge in [0.1, 0.15) is 0 Å². The van der Waals surface area contributed by atoms with Gasteiger partial charge in [-0.05, 0) is 26.0 Å². The van der Waals surface area contributed by atoms with Gasteiger partial charge in [0.25, 0.3) is 5.54 Å². The molecule has 0 saturated heterocycles. The number of rotatable bonds is 5. The first-order chi connectivity index (χ1) is 8.96. The van der Waals surface area contributed by atoms with Crippen molar-refractivity contribution < 1.29 is 19.1 Å². The van der Waals surface area contributed by atoms with E-state index in [4.69, 9.17) is 26.8 Å². The Balaban J connectivity index is 3.21. The summed E-state index contributed by atoms with van der Waals surface area (Å²) in [5.74, 6) is -1.83. The molecule has 7 heteroatoms. The molecular formula is C12H15ClN2O4. The van der Waals surface area contributed by atoms with Gasteiger partial charge < -0.3 is 15.2 Å². The predicted octanol–water partition coefficient (Wildman–Crippen LogP) is 1.02. The van der Waals surface area contributed by atoms with Crippen molar-refractivity contribution in [1.29, 1.82) is 0 Å². The van der Waals surface area contributed by atoms with Crippen LogP contribution in [0.2, 0.25) is 5.02 Å². The standard InChI is InChI=1S/C12H15ClN2O4/c1-3-18-10(16)12(14,11(17)19-4-2)9-6-5-8(13)7-15-9/h5-7H,3-4,14H2,1-2H3. The molecule has 0 radical (unpaired) electrons. The first-order valence-corrected chi connectivity index (χ1v) is 6.09. The van der Waals surface area contributed by atoms with E-state index in [0.29, 0.717) is 5.02 Å². The minimum atomic E-state index is -2.09. The highest BCUT2D eigenvalue weighted by Gasteiger charge is 2.48. The number of carbonyl (C=O) groups is 2. The van der Waals surface area contributed by atoms with Crippen molar-refractivity contribution in [3.63, 3.8) is 0 Å². The Morgan fingerprint density at radius 2 is 1.79 bits per heavy atom. The summed E-state index contributed by atoms with van der Waals surface area (Å²) in [5, 5.41) is 0.360. The Morgan fingerprint density at radius 3 is 2.16 bits per heavy atom. The minimum Gasteiger partial charge on any atom is -0.464 e. The van der Waals surface area contributed by atoms with Gasteiger partial charge >= 0.3 is 11.9 Å². The monoisotopic (exact) mass is 286 g/mol. The first-order valence-electron chi connectivity index (χ1n) is 5.72. The van der Waals surface area contributed by atoms with Crippen LogP contribution < -0.4 is 5.73 Å². The number of esters is 2. The lowest BCUT2D eigenvalue weighted by Gasteiger charge is -2.24. The van der Waals surface area contributed by atoms with E-state index in [9.17, 15) is 9.59 Å². The van der Waals surface area contributed by atoms with E-state index in [1.54, 1.807) is 13.8 Å². The zero-order chi connectivity index (χ0) is 14.5. The largest absolute Gasteiger partial charge is 0.464 e. The Morgan fingerprint density at radius 1 is 1.26 bits per heavy atom. The van der Waals surface area contributed by atoms with E-state index in [0.717, 1.165) is 0 Å². The van der Waals surface area contributed by atoms with E-state index in [-0.39, 0.29) is 18.9 Å². The fourth-order valence-electron chi connectivity index (χ4n) is 1.39. The van der Waals surface area contributed by atoms with E-state index in [1.807, 2.05) is 0 Å². The molecule has 0 saturated carbocycles. The first kappa shape index (κ1) is 15.4. The molecule has 0 aliphatic rings. The summed E-state index contributed by atoms with van der Waals surface area (Å²) in [6, 6.07) is 2.86. The van der Waals surface area contributed by atoms with E-state index in [1.165, 1.54) is 18.3 Å². The second-order valence-electron chi connectivity index (χ2n) is 3.61. The highest BCUT2D eigenvalue weighted by molar-refractivity contribution is 6.30. The van der Waals surface area contributed by atoms with Crippen LogP contribution in [-0.4, -0.2) is 30.1 Å². The maximum Gasteiger partial charge on any atom is 0.344 e. The third-order valence-corrected chi connectivity index (χ3v) is 2.55. The summed E-state index contributed by atoms with van der Waals surface area (Å²) in [6.07, 6.45) is 1.29. The fourth-order valence-corrected chi connectivity index (χ4v) is 1.50. The molecule has 1 aromatic rings. The smallest absolute Gasteiger partial charge is 0.344 e. The molecule has 0 amide bonds. The van der Waals surface area contributed by atoms with Gasteiger partial charge in [0, 0.05) is 6.20 Å². The number of nitrogens with two attached hydrogens (primary N) is 1. The number of pyridine rings is 1. The van der Waals surface area contributed by atoms with Gasteiger partial charge in [-0.2, -0.15) is 0 Å². The molecule has 19 heavy (non-hydrogen) atoms. The molecule has 104 valence electrons. The predicted molar refractivity (Wildman–Crippen MR) is 68.4 cm³/mol. The van der Waals surface area contributed by atoms with Gasteiger partial charge in [0.2, 0.25) is 0 Å². The fraction of sp³-hybridized carbons (Fsp3) is 0.417. The number of halogens is 1. The van der Waals surface area contributed by atoms with Gasteiger partial charge in [-0.1, -0.05) is 11.6 Å². The van der Waals surface area contributed by atoms with Gasteiger partial charge in [0.15, 0.2) is 0 Å². The van der Waals surface area contributed by atoms with Crippen LogP contribution in [0.4, 0.5) is 0 Å². The molecule has 0 fully saturated rings. The maximum absolute atomic E-state index is 11.9. The van der Waals surface area contributed by atoms with Crippen molar-refractivity contribution in [2.75, 3.05) is 13.2 Å². The third-order valence-electron chi connectivity index (χ3n) is 2.33. The van der Waals surface area contributed by atoms with Crippen LogP contribution in [0.1, 0.15) is 19.5 Å². The molecule has 1 rings (SSSR count). The van der Waals surface area contributed by atoms with Crippen molar-refractivity contribution in [1.82, 2.24) is 4.98 Å². The molecule has 2 N–H and O–H groups in total. The number of hydrogen-bond acceptors (Lipinski definition) is 6. The zero-order valence-corrected chi connectivity index (χ0v) is 11.4.